The zero-order valence-corrected chi connectivity index (χ0v) is 13.2. The van der Waals surface area contributed by atoms with Crippen LogP contribution in [0.1, 0.15) is 53.7 Å². The number of amides is 1. The topological polar surface area (TPSA) is 34.0 Å². The first-order valence-electron chi connectivity index (χ1n) is 7.94. The number of hydrogen-bond acceptors (Lipinski definition) is 1. The normalized spacial score (nSPS) is 16.3. The highest BCUT2D eigenvalue weighted by Gasteiger charge is 2.17. The van der Waals surface area contributed by atoms with Gasteiger partial charge in [0.05, 0.1) is 0 Å². The number of rotatable bonds is 2. The van der Waals surface area contributed by atoms with Gasteiger partial charge in [-0.2, -0.15) is 0 Å². The molecule has 1 aromatic heterocycles. The number of benzene rings is 1. The molecule has 1 N–H and O–H groups in total. The summed E-state index contributed by atoms with van der Waals surface area (Å²) in [6, 6.07) is 6.40. The molecule has 0 saturated heterocycles. The molecule has 0 atom stereocenters. The molecule has 0 unspecified atom stereocenters. The first-order valence-corrected chi connectivity index (χ1v) is 7.94. The summed E-state index contributed by atoms with van der Waals surface area (Å²) in [6.45, 7) is 4.25. The predicted octanol–water partition coefficient (Wildman–Crippen LogP) is 3.86. The molecule has 1 aromatic carbocycles. The predicted molar refractivity (Wildman–Crippen MR) is 86.7 cm³/mol. The van der Waals surface area contributed by atoms with Crippen LogP contribution in [0.15, 0.2) is 18.2 Å². The molecule has 3 rings (SSSR count). The Labute approximate surface area is 126 Å². The highest BCUT2D eigenvalue weighted by Crippen LogP contribution is 2.25. The summed E-state index contributed by atoms with van der Waals surface area (Å²) in [6.07, 6.45) is 6.03. The molecule has 3 heteroatoms. The SMILES string of the molecule is Cc1c(C)n(C)c2ccc(C(=O)NC3CCCCC3)cc12. The third kappa shape index (κ3) is 2.57. The third-order valence-corrected chi connectivity index (χ3v) is 5.01. The lowest BCUT2D eigenvalue weighted by atomic mass is 9.95. The van der Waals surface area contributed by atoms with Crippen molar-refractivity contribution in [2.75, 3.05) is 0 Å². The van der Waals surface area contributed by atoms with E-state index in [1.807, 2.05) is 12.1 Å². The molecule has 1 amide bonds. The average molecular weight is 284 g/mol. The summed E-state index contributed by atoms with van der Waals surface area (Å²) in [4.78, 5) is 12.4. The van der Waals surface area contributed by atoms with Gasteiger partial charge in [0.15, 0.2) is 0 Å². The van der Waals surface area contributed by atoms with E-state index in [-0.39, 0.29) is 5.91 Å². The van der Waals surface area contributed by atoms with Crippen molar-refractivity contribution in [3.63, 3.8) is 0 Å². The summed E-state index contributed by atoms with van der Waals surface area (Å²) in [7, 11) is 2.08. The maximum absolute atomic E-state index is 12.4. The van der Waals surface area contributed by atoms with Gasteiger partial charge in [-0.25, -0.2) is 0 Å². The highest BCUT2D eigenvalue weighted by atomic mass is 16.1. The maximum Gasteiger partial charge on any atom is 0.251 e. The second-order valence-corrected chi connectivity index (χ2v) is 6.31. The van der Waals surface area contributed by atoms with Crippen LogP contribution < -0.4 is 5.32 Å². The lowest BCUT2D eigenvalue weighted by Gasteiger charge is -2.22. The van der Waals surface area contributed by atoms with E-state index in [0.717, 1.165) is 18.4 Å². The van der Waals surface area contributed by atoms with Crippen molar-refractivity contribution in [2.24, 2.45) is 7.05 Å². The van der Waals surface area contributed by atoms with Crippen LogP contribution in [-0.2, 0) is 7.05 Å². The van der Waals surface area contributed by atoms with Gasteiger partial charge in [-0.05, 0) is 50.5 Å². The molecule has 1 aliphatic rings. The van der Waals surface area contributed by atoms with Crippen LogP contribution in [0.5, 0.6) is 0 Å². The number of hydrogen-bond donors (Lipinski definition) is 1. The minimum absolute atomic E-state index is 0.0738. The van der Waals surface area contributed by atoms with Crippen molar-refractivity contribution >= 4 is 16.8 Å². The molecule has 1 heterocycles. The van der Waals surface area contributed by atoms with Crippen molar-refractivity contribution in [1.82, 2.24) is 9.88 Å². The highest BCUT2D eigenvalue weighted by molar-refractivity contribution is 5.99. The van der Waals surface area contributed by atoms with Gasteiger partial charge in [-0.15, -0.1) is 0 Å². The van der Waals surface area contributed by atoms with Gasteiger partial charge in [-0.3, -0.25) is 4.79 Å². The quantitative estimate of drug-likeness (QED) is 0.892. The Kier molecular flexibility index (Phi) is 3.75. The van der Waals surface area contributed by atoms with E-state index < -0.39 is 0 Å². The molecule has 0 aliphatic heterocycles. The number of nitrogens with one attached hydrogen (secondary N) is 1. The van der Waals surface area contributed by atoms with E-state index in [9.17, 15) is 4.79 Å². The van der Waals surface area contributed by atoms with Gasteiger partial charge in [0.2, 0.25) is 0 Å². The minimum Gasteiger partial charge on any atom is -0.349 e. The van der Waals surface area contributed by atoms with E-state index in [4.69, 9.17) is 0 Å². The second kappa shape index (κ2) is 5.55. The Morgan fingerprint density at radius 2 is 1.90 bits per heavy atom. The van der Waals surface area contributed by atoms with E-state index in [0.29, 0.717) is 6.04 Å². The Hall–Kier alpha value is -1.77. The van der Waals surface area contributed by atoms with Crippen molar-refractivity contribution in [1.29, 1.82) is 0 Å². The molecule has 3 nitrogen and oxygen atoms in total. The van der Waals surface area contributed by atoms with Gasteiger partial charge in [0, 0.05) is 35.2 Å². The molecule has 0 bridgehead atoms. The van der Waals surface area contributed by atoms with E-state index >= 15 is 0 Å². The lowest BCUT2D eigenvalue weighted by Crippen LogP contribution is -2.36. The van der Waals surface area contributed by atoms with Crippen LogP contribution in [0.4, 0.5) is 0 Å². The number of nitrogens with zero attached hydrogens (tertiary/aromatic N) is 1. The van der Waals surface area contributed by atoms with Gasteiger partial charge in [0.1, 0.15) is 0 Å². The van der Waals surface area contributed by atoms with Crippen LogP contribution in [0, 0.1) is 13.8 Å². The van der Waals surface area contributed by atoms with Gasteiger partial charge in [-0.1, -0.05) is 19.3 Å². The van der Waals surface area contributed by atoms with Crippen LogP contribution in [-0.4, -0.2) is 16.5 Å². The van der Waals surface area contributed by atoms with Gasteiger partial charge in [0.25, 0.3) is 5.91 Å². The molecular formula is C18H24N2O. The molecule has 2 aromatic rings. The monoisotopic (exact) mass is 284 g/mol. The molecular weight excluding hydrogens is 260 g/mol. The van der Waals surface area contributed by atoms with Gasteiger partial charge >= 0.3 is 0 Å². The maximum atomic E-state index is 12.4. The Balaban J connectivity index is 1.86. The van der Waals surface area contributed by atoms with Crippen molar-refractivity contribution in [3.05, 3.63) is 35.0 Å². The first kappa shape index (κ1) is 14.2. The number of carbonyl (C=O) groups is 1. The van der Waals surface area contributed by atoms with Crippen molar-refractivity contribution in [2.45, 2.75) is 52.0 Å². The fraction of sp³-hybridized carbons (Fsp3) is 0.500. The third-order valence-electron chi connectivity index (χ3n) is 5.01. The molecule has 1 fully saturated rings. The Morgan fingerprint density at radius 1 is 1.19 bits per heavy atom. The smallest absolute Gasteiger partial charge is 0.251 e. The molecule has 21 heavy (non-hydrogen) atoms. The number of carbonyl (C=O) groups excluding carboxylic acids is 1. The zero-order valence-electron chi connectivity index (χ0n) is 13.2. The van der Waals surface area contributed by atoms with E-state index in [1.165, 1.54) is 41.4 Å². The molecule has 0 spiro atoms. The van der Waals surface area contributed by atoms with Crippen LogP contribution in [0.3, 0.4) is 0 Å². The van der Waals surface area contributed by atoms with Crippen LogP contribution in [0.25, 0.3) is 10.9 Å². The number of aryl methyl sites for hydroxylation is 2. The largest absolute Gasteiger partial charge is 0.349 e. The lowest BCUT2D eigenvalue weighted by molar-refractivity contribution is 0.0928. The van der Waals surface area contributed by atoms with Crippen molar-refractivity contribution in [3.8, 4) is 0 Å². The van der Waals surface area contributed by atoms with Crippen LogP contribution >= 0.6 is 0 Å². The second-order valence-electron chi connectivity index (χ2n) is 6.31. The molecule has 0 radical (unpaired) electrons. The van der Waals surface area contributed by atoms with Crippen LogP contribution in [0.2, 0.25) is 0 Å². The summed E-state index contributed by atoms with van der Waals surface area (Å²) in [5.41, 5.74) is 4.50. The van der Waals surface area contributed by atoms with Crippen molar-refractivity contribution < 1.29 is 4.79 Å². The fourth-order valence-electron chi connectivity index (χ4n) is 3.41. The summed E-state index contributed by atoms with van der Waals surface area (Å²) >= 11 is 0. The molecule has 112 valence electrons. The molecule has 1 saturated carbocycles. The Bertz CT molecular complexity index is 678. The number of aromatic nitrogens is 1. The van der Waals surface area contributed by atoms with E-state index in [1.54, 1.807) is 0 Å². The Morgan fingerprint density at radius 3 is 2.62 bits per heavy atom. The summed E-state index contributed by atoms with van der Waals surface area (Å²) in [5.74, 6) is 0.0738. The minimum atomic E-state index is 0.0738. The average Bonchev–Trinajstić information content (AvgIpc) is 2.73. The number of fused-ring (bicyclic) bond motifs is 1. The zero-order chi connectivity index (χ0) is 15.0. The van der Waals surface area contributed by atoms with E-state index in [2.05, 4.69) is 36.8 Å². The summed E-state index contributed by atoms with van der Waals surface area (Å²) in [5, 5.41) is 4.38. The van der Waals surface area contributed by atoms with Gasteiger partial charge < -0.3 is 9.88 Å². The fourth-order valence-corrected chi connectivity index (χ4v) is 3.41. The standard InChI is InChI=1S/C18H24N2O/c1-12-13(2)20(3)17-10-9-14(11-16(12)17)18(21)19-15-7-5-4-6-8-15/h9-11,15H,4-8H2,1-3H3,(H,19,21). The first-order chi connectivity index (χ1) is 10.1. The molecule has 1 aliphatic carbocycles. The summed E-state index contributed by atoms with van der Waals surface area (Å²) < 4.78 is 2.19.